The van der Waals surface area contributed by atoms with Crippen LogP contribution in [0.15, 0.2) is 16.6 Å². The Bertz CT molecular complexity index is 715. The number of hydrogen-bond acceptors (Lipinski definition) is 3. The maximum Gasteiger partial charge on any atom is 0.276 e. The quantitative estimate of drug-likeness (QED) is 0.828. The topological polar surface area (TPSA) is 72.9 Å². The number of nitrogens with zero attached hydrogens (tertiary/aromatic N) is 2. The highest BCUT2D eigenvalue weighted by molar-refractivity contribution is 9.10. The molecule has 1 heterocycles. The van der Waals surface area contributed by atoms with Crippen molar-refractivity contribution in [1.82, 2.24) is 9.78 Å². The smallest absolute Gasteiger partial charge is 0.276 e. The van der Waals surface area contributed by atoms with Crippen molar-refractivity contribution in [3.8, 4) is 0 Å². The third-order valence-electron chi connectivity index (χ3n) is 2.95. The molecule has 0 spiro atoms. The number of amides is 1. The summed E-state index contributed by atoms with van der Waals surface area (Å²) in [4.78, 5) is 12.2. The molecule has 3 N–H and O–H groups in total. The fraction of sp³-hybridized carbons (Fsp3) is 0.231. The standard InChI is InChI=1S/C13H13BrF2N4O/c1-3-20-12(11(17)6(2)19-20)13(21)18-10-4-7(14)8(15)5-9(10)16/h4-5H,3,17H2,1-2H3,(H,18,21). The number of nitrogens with one attached hydrogen (secondary N) is 1. The maximum absolute atomic E-state index is 13.7. The van der Waals surface area contributed by atoms with Gasteiger partial charge >= 0.3 is 0 Å². The lowest BCUT2D eigenvalue weighted by Gasteiger charge is -2.09. The summed E-state index contributed by atoms with van der Waals surface area (Å²) in [5, 5.41) is 6.49. The number of halogens is 3. The molecule has 1 amide bonds. The summed E-state index contributed by atoms with van der Waals surface area (Å²) in [5.74, 6) is -2.23. The Kier molecular flexibility index (Phi) is 4.26. The van der Waals surface area contributed by atoms with Crippen LogP contribution in [-0.2, 0) is 6.54 Å². The molecule has 0 aliphatic rings. The number of benzene rings is 1. The third-order valence-corrected chi connectivity index (χ3v) is 3.55. The minimum absolute atomic E-state index is 0.0485. The van der Waals surface area contributed by atoms with Crippen LogP contribution >= 0.6 is 15.9 Å². The molecule has 112 valence electrons. The van der Waals surface area contributed by atoms with Gasteiger partial charge in [0.25, 0.3) is 5.91 Å². The molecule has 0 saturated heterocycles. The molecule has 2 rings (SSSR count). The van der Waals surface area contributed by atoms with Gasteiger partial charge in [0.05, 0.1) is 21.5 Å². The Labute approximate surface area is 128 Å². The van der Waals surface area contributed by atoms with E-state index in [0.29, 0.717) is 18.3 Å². The van der Waals surface area contributed by atoms with Gasteiger partial charge in [-0.3, -0.25) is 9.48 Å². The first kappa shape index (κ1) is 15.4. The Morgan fingerprint density at radius 3 is 2.71 bits per heavy atom. The molecule has 0 radical (unpaired) electrons. The fourth-order valence-corrected chi connectivity index (χ4v) is 2.21. The monoisotopic (exact) mass is 358 g/mol. The Balaban J connectivity index is 2.37. The van der Waals surface area contributed by atoms with Gasteiger partial charge < -0.3 is 11.1 Å². The highest BCUT2D eigenvalue weighted by Gasteiger charge is 2.20. The van der Waals surface area contributed by atoms with E-state index in [4.69, 9.17) is 5.73 Å². The van der Waals surface area contributed by atoms with Crippen LogP contribution in [0.1, 0.15) is 23.1 Å². The van der Waals surface area contributed by atoms with Gasteiger partial charge in [0.1, 0.15) is 17.3 Å². The summed E-state index contributed by atoms with van der Waals surface area (Å²) < 4.78 is 28.3. The lowest BCUT2D eigenvalue weighted by Crippen LogP contribution is -2.19. The van der Waals surface area contributed by atoms with E-state index in [1.165, 1.54) is 4.68 Å². The number of nitrogen functional groups attached to an aromatic ring is 1. The number of nitrogens with two attached hydrogens (primary N) is 1. The van der Waals surface area contributed by atoms with E-state index >= 15 is 0 Å². The van der Waals surface area contributed by atoms with Gasteiger partial charge in [0.2, 0.25) is 0 Å². The summed E-state index contributed by atoms with van der Waals surface area (Å²) in [5.41, 5.74) is 6.57. The number of hydrogen-bond donors (Lipinski definition) is 2. The second-order valence-corrected chi connectivity index (χ2v) is 5.22. The van der Waals surface area contributed by atoms with Gasteiger partial charge in [0, 0.05) is 12.6 Å². The van der Waals surface area contributed by atoms with Crippen LogP contribution in [0.5, 0.6) is 0 Å². The van der Waals surface area contributed by atoms with Crippen LogP contribution in [0.3, 0.4) is 0 Å². The number of aryl methyl sites for hydroxylation is 2. The first-order valence-corrected chi connectivity index (χ1v) is 6.93. The van der Waals surface area contributed by atoms with Gasteiger partial charge in [-0.15, -0.1) is 0 Å². The molecule has 0 fully saturated rings. The molecule has 0 aliphatic carbocycles. The van der Waals surface area contributed by atoms with Gasteiger partial charge in [-0.1, -0.05) is 0 Å². The van der Waals surface area contributed by atoms with Gasteiger partial charge in [-0.2, -0.15) is 5.10 Å². The summed E-state index contributed by atoms with van der Waals surface area (Å²) in [6, 6.07) is 1.84. The van der Waals surface area contributed by atoms with Crippen molar-refractivity contribution < 1.29 is 13.6 Å². The Morgan fingerprint density at radius 2 is 2.10 bits per heavy atom. The number of carbonyl (C=O) groups excluding carboxylic acids is 1. The average molecular weight is 359 g/mol. The van der Waals surface area contributed by atoms with Crippen molar-refractivity contribution in [2.24, 2.45) is 0 Å². The molecule has 0 saturated carbocycles. The van der Waals surface area contributed by atoms with E-state index < -0.39 is 17.5 Å². The van der Waals surface area contributed by atoms with Crippen molar-refractivity contribution >= 4 is 33.2 Å². The minimum atomic E-state index is -0.873. The number of aromatic nitrogens is 2. The van der Waals surface area contributed by atoms with Crippen LogP contribution < -0.4 is 11.1 Å². The summed E-state index contributed by atoms with van der Waals surface area (Å²) >= 11 is 2.94. The van der Waals surface area contributed by atoms with E-state index in [2.05, 4.69) is 26.3 Å². The van der Waals surface area contributed by atoms with Crippen molar-refractivity contribution in [2.45, 2.75) is 20.4 Å². The van der Waals surface area contributed by atoms with Crippen LogP contribution in [0.2, 0.25) is 0 Å². The average Bonchev–Trinajstić information content (AvgIpc) is 2.71. The summed E-state index contributed by atoms with van der Waals surface area (Å²) in [7, 11) is 0. The van der Waals surface area contributed by atoms with Crippen LogP contribution in [-0.4, -0.2) is 15.7 Å². The zero-order valence-electron chi connectivity index (χ0n) is 11.4. The number of rotatable bonds is 3. The summed E-state index contributed by atoms with van der Waals surface area (Å²) in [6.45, 7) is 3.92. The molecule has 1 aromatic carbocycles. The molecule has 0 aliphatic heterocycles. The highest BCUT2D eigenvalue weighted by atomic mass is 79.9. The lowest BCUT2D eigenvalue weighted by atomic mass is 10.2. The molecule has 2 aromatic rings. The van der Waals surface area contributed by atoms with E-state index in [0.717, 1.165) is 6.07 Å². The van der Waals surface area contributed by atoms with Gasteiger partial charge in [-0.25, -0.2) is 8.78 Å². The van der Waals surface area contributed by atoms with E-state index in [1.54, 1.807) is 13.8 Å². The van der Waals surface area contributed by atoms with E-state index in [-0.39, 0.29) is 21.5 Å². The molecule has 8 heteroatoms. The minimum Gasteiger partial charge on any atom is -0.395 e. The molecule has 1 aromatic heterocycles. The zero-order chi connectivity index (χ0) is 15.7. The Morgan fingerprint density at radius 1 is 1.43 bits per heavy atom. The molecule has 0 bridgehead atoms. The predicted molar refractivity (Wildman–Crippen MR) is 79.1 cm³/mol. The van der Waals surface area contributed by atoms with Gasteiger partial charge in [-0.05, 0) is 35.8 Å². The maximum atomic E-state index is 13.7. The number of carbonyl (C=O) groups is 1. The number of anilines is 2. The van der Waals surface area contributed by atoms with Crippen LogP contribution in [0.25, 0.3) is 0 Å². The zero-order valence-corrected chi connectivity index (χ0v) is 13.0. The van der Waals surface area contributed by atoms with E-state index in [1.807, 2.05) is 0 Å². The molecule has 0 unspecified atom stereocenters. The largest absolute Gasteiger partial charge is 0.395 e. The molecule has 5 nitrogen and oxygen atoms in total. The van der Waals surface area contributed by atoms with E-state index in [9.17, 15) is 13.6 Å². The molecule has 21 heavy (non-hydrogen) atoms. The first-order chi connectivity index (χ1) is 9.85. The third kappa shape index (κ3) is 2.90. The van der Waals surface area contributed by atoms with Crippen LogP contribution in [0, 0.1) is 18.6 Å². The SMILES string of the molecule is CCn1nc(C)c(N)c1C(=O)Nc1cc(Br)c(F)cc1F. The first-order valence-electron chi connectivity index (χ1n) is 6.13. The second kappa shape index (κ2) is 5.80. The molecular formula is C13H13BrF2N4O. The molecule has 0 atom stereocenters. The lowest BCUT2D eigenvalue weighted by molar-refractivity contribution is 0.101. The normalized spacial score (nSPS) is 10.7. The van der Waals surface area contributed by atoms with Crippen molar-refractivity contribution in [2.75, 3.05) is 11.1 Å². The molecular weight excluding hydrogens is 346 g/mol. The summed E-state index contributed by atoms with van der Waals surface area (Å²) in [6.07, 6.45) is 0. The Hall–Kier alpha value is -1.96. The predicted octanol–water partition coefficient (Wildman–Crippen LogP) is 3.09. The van der Waals surface area contributed by atoms with Crippen molar-refractivity contribution in [1.29, 1.82) is 0 Å². The van der Waals surface area contributed by atoms with Crippen molar-refractivity contribution in [3.05, 3.63) is 39.6 Å². The van der Waals surface area contributed by atoms with Crippen molar-refractivity contribution in [3.63, 3.8) is 0 Å². The fourth-order valence-electron chi connectivity index (χ4n) is 1.86. The highest BCUT2D eigenvalue weighted by Crippen LogP contribution is 2.25. The van der Waals surface area contributed by atoms with Crippen LogP contribution in [0.4, 0.5) is 20.2 Å². The second-order valence-electron chi connectivity index (χ2n) is 4.36. The van der Waals surface area contributed by atoms with Gasteiger partial charge in [0.15, 0.2) is 0 Å².